The standard InChI is InChI=1S/C14H20IN3O3.HI/c15-11-1-3-13(4-2-11)21-10-12(19)9-17-14(16)18-5-7-20-8-6-18;/h1-4,12,19H,5-10H2,(H2,16,17);1H. The average molecular weight is 533 g/mol. The summed E-state index contributed by atoms with van der Waals surface area (Å²) in [5.74, 6) is 1.19. The lowest BCUT2D eigenvalue weighted by Crippen LogP contribution is -2.45. The van der Waals surface area contributed by atoms with Crippen LogP contribution in [0.15, 0.2) is 29.3 Å². The molecule has 0 aromatic heterocycles. The predicted molar refractivity (Wildman–Crippen MR) is 105 cm³/mol. The number of benzene rings is 1. The Hall–Kier alpha value is -0.330. The molecule has 3 N–H and O–H groups in total. The van der Waals surface area contributed by atoms with E-state index in [2.05, 4.69) is 27.6 Å². The van der Waals surface area contributed by atoms with Crippen LogP contribution >= 0.6 is 46.6 Å². The Morgan fingerprint density at radius 2 is 2.00 bits per heavy atom. The molecule has 1 unspecified atom stereocenters. The topological polar surface area (TPSA) is 80.3 Å². The SMILES string of the molecule is I.NC(=NCC(O)COc1ccc(I)cc1)N1CCOCC1. The van der Waals surface area contributed by atoms with Gasteiger partial charge in [-0.25, -0.2) is 0 Å². The van der Waals surface area contributed by atoms with Crippen molar-refractivity contribution in [3.63, 3.8) is 0 Å². The molecule has 2 rings (SSSR count). The summed E-state index contributed by atoms with van der Waals surface area (Å²) in [7, 11) is 0. The molecule has 1 fully saturated rings. The number of aliphatic hydroxyl groups is 1. The lowest BCUT2D eigenvalue weighted by atomic mass is 10.3. The fourth-order valence-corrected chi connectivity index (χ4v) is 2.23. The lowest BCUT2D eigenvalue weighted by molar-refractivity contribution is 0.0670. The second-order valence-electron chi connectivity index (χ2n) is 4.72. The molecule has 1 aromatic rings. The highest BCUT2D eigenvalue weighted by molar-refractivity contribution is 14.1. The smallest absolute Gasteiger partial charge is 0.191 e. The van der Waals surface area contributed by atoms with Crippen molar-refractivity contribution in [1.82, 2.24) is 4.90 Å². The first-order valence-corrected chi connectivity index (χ1v) is 7.92. The average Bonchev–Trinajstić information content (AvgIpc) is 2.53. The number of guanidine groups is 1. The van der Waals surface area contributed by atoms with Crippen LogP contribution < -0.4 is 10.5 Å². The summed E-state index contributed by atoms with van der Waals surface area (Å²) < 4.78 is 11.9. The summed E-state index contributed by atoms with van der Waals surface area (Å²) in [6.07, 6.45) is -0.677. The maximum atomic E-state index is 9.88. The Bertz CT molecular complexity index is 465. The summed E-state index contributed by atoms with van der Waals surface area (Å²) in [6.45, 7) is 3.23. The molecule has 0 saturated carbocycles. The zero-order valence-electron chi connectivity index (χ0n) is 12.2. The molecule has 1 aromatic carbocycles. The van der Waals surface area contributed by atoms with Crippen LogP contribution in [0.1, 0.15) is 0 Å². The molecule has 0 spiro atoms. The van der Waals surface area contributed by atoms with Crippen LogP contribution in [0.25, 0.3) is 0 Å². The van der Waals surface area contributed by atoms with Crippen LogP contribution in [-0.2, 0) is 4.74 Å². The molecule has 1 aliphatic heterocycles. The number of aliphatic imine (C=N–C) groups is 1. The van der Waals surface area contributed by atoms with Gasteiger partial charge >= 0.3 is 0 Å². The first kappa shape index (κ1) is 19.7. The molecule has 1 atom stereocenters. The minimum absolute atomic E-state index is 0. The van der Waals surface area contributed by atoms with Gasteiger partial charge in [0.2, 0.25) is 0 Å². The van der Waals surface area contributed by atoms with Gasteiger partial charge in [0, 0.05) is 16.7 Å². The number of rotatable bonds is 5. The fraction of sp³-hybridized carbons (Fsp3) is 0.500. The van der Waals surface area contributed by atoms with E-state index in [1.165, 1.54) is 0 Å². The summed E-state index contributed by atoms with van der Waals surface area (Å²) >= 11 is 2.23. The number of hydrogen-bond acceptors (Lipinski definition) is 4. The van der Waals surface area contributed by atoms with E-state index in [4.69, 9.17) is 15.2 Å². The Morgan fingerprint density at radius 1 is 1.36 bits per heavy atom. The van der Waals surface area contributed by atoms with Gasteiger partial charge in [-0.3, -0.25) is 4.99 Å². The van der Waals surface area contributed by atoms with Crippen LogP contribution in [-0.4, -0.2) is 61.5 Å². The van der Waals surface area contributed by atoms with Gasteiger partial charge in [-0.2, -0.15) is 0 Å². The highest BCUT2D eigenvalue weighted by Crippen LogP contribution is 2.13. The van der Waals surface area contributed by atoms with Crippen molar-refractivity contribution in [2.75, 3.05) is 39.5 Å². The van der Waals surface area contributed by atoms with Crippen molar-refractivity contribution in [3.8, 4) is 5.75 Å². The van der Waals surface area contributed by atoms with Gasteiger partial charge in [-0.05, 0) is 46.9 Å². The number of nitrogens with zero attached hydrogens (tertiary/aromatic N) is 2. The van der Waals surface area contributed by atoms with Crippen molar-refractivity contribution in [3.05, 3.63) is 27.8 Å². The molecule has 22 heavy (non-hydrogen) atoms. The second kappa shape index (κ2) is 10.4. The highest BCUT2D eigenvalue weighted by Gasteiger charge is 2.13. The van der Waals surface area contributed by atoms with Crippen molar-refractivity contribution in [1.29, 1.82) is 0 Å². The molecule has 1 saturated heterocycles. The van der Waals surface area contributed by atoms with E-state index in [9.17, 15) is 5.11 Å². The summed E-state index contributed by atoms with van der Waals surface area (Å²) in [5, 5.41) is 9.88. The van der Waals surface area contributed by atoms with E-state index in [1.807, 2.05) is 29.2 Å². The molecular formula is C14H21I2N3O3. The van der Waals surface area contributed by atoms with E-state index in [0.717, 1.165) is 22.4 Å². The summed E-state index contributed by atoms with van der Waals surface area (Å²) in [5.41, 5.74) is 5.89. The van der Waals surface area contributed by atoms with Gasteiger partial charge in [-0.15, -0.1) is 24.0 Å². The monoisotopic (exact) mass is 533 g/mol. The molecule has 0 bridgehead atoms. The number of aliphatic hydroxyl groups excluding tert-OH is 1. The third kappa shape index (κ3) is 6.84. The van der Waals surface area contributed by atoms with E-state index in [1.54, 1.807) is 0 Å². The van der Waals surface area contributed by atoms with Crippen molar-refractivity contribution in [2.24, 2.45) is 10.7 Å². The van der Waals surface area contributed by atoms with Gasteiger partial charge < -0.3 is 25.2 Å². The van der Waals surface area contributed by atoms with Crippen LogP contribution in [0, 0.1) is 3.57 Å². The Balaban J connectivity index is 0.00000242. The minimum atomic E-state index is -0.677. The zero-order chi connectivity index (χ0) is 15.1. The third-order valence-electron chi connectivity index (χ3n) is 3.06. The number of ether oxygens (including phenoxy) is 2. The van der Waals surface area contributed by atoms with Gasteiger partial charge in [0.1, 0.15) is 18.5 Å². The molecule has 0 radical (unpaired) electrons. The number of hydrogen-bond donors (Lipinski definition) is 2. The molecular weight excluding hydrogens is 512 g/mol. The van der Waals surface area contributed by atoms with Crippen LogP contribution in [0.4, 0.5) is 0 Å². The van der Waals surface area contributed by atoms with E-state index >= 15 is 0 Å². The fourth-order valence-electron chi connectivity index (χ4n) is 1.87. The third-order valence-corrected chi connectivity index (χ3v) is 3.77. The number of halogens is 2. The summed E-state index contributed by atoms with van der Waals surface area (Å²) in [4.78, 5) is 6.16. The predicted octanol–water partition coefficient (Wildman–Crippen LogP) is 1.30. The Kier molecular flexibility index (Phi) is 9.36. The van der Waals surface area contributed by atoms with Crippen LogP contribution in [0.5, 0.6) is 5.75 Å². The van der Waals surface area contributed by atoms with E-state index in [0.29, 0.717) is 19.2 Å². The van der Waals surface area contributed by atoms with E-state index < -0.39 is 6.10 Å². The van der Waals surface area contributed by atoms with Gasteiger partial charge in [0.15, 0.2) is 5.96 Å². The first-order chi connectivity index (χ1) is 10.1. The molecule has 0 amide bonds. The van der Waals surface area contributed by atoms with Crippen molar-refractivity contribution < 1.29 is 14.6 Å². The van der Waals surface area contributed by atoms with Gasteiger partial charge in [-0.1, -0.05) is 0 Å². The highest BCUT2D eigenvalue weighted by atomic mass is 127. The maximum absolute atomic E-state index is 9.88. The lowest BCUT2D eigenvalue weighted by Gasteiger charge is -2.27. The van der Waals surface area contributed by atoms with Crippen molar-refractivity contribution >= 4 is 52.5 Å². The Labute approximate surface area is 161 Å². The number of morpholine rings is 1. The van der Waals surface area contributed by atoms with Crippen molar-refractivity contribution in [2.45, 2.75) is 6.10 Å². The van der Waals surface area contributed by atoms with Gasteiger partial charge in [0.05, 0.1) is 19.8 Å². The van der Waals surface area contributed by atoms with Crippen LogP contribution in [0.2, 0.25) is 0 Å². The molecule has 1 heterocycles. The zero-order valence-corrected chi connectivity index (χ0v) is 16.6. The number of nitrogens with two attached hydrogens (primary N) is 1. The molecule has 1 aliphatic rings. The first-order valence-electron chi connectivity index (χ1n) is 6.84. The van der Waals surface area contributed by atoms with Gasteiger partial charge in [0.25, 0.3) is 0 Å². The maximum Gasteiger partial charge on any atom is 0.191 e. The minimum Gasteiger partial charge on any atom is -0.491 e. The normalized spacial score (nSPS) is 16.8. The molecule has 0 aliphatic carbocycles. The largest absolute Gasteiger partial charge is 0.491 e. The molecule has 124 valence electrons. The molecule has 8 heteroatoms. The quantitative estimate of drug-likeness (QED) is 0.339. The molecule has 6 nitrogen and oxygen atoms in total. The van der Waals surface area contributed by atoms with E-state index in [-0.39, 0.29) is 37.1 Å². The second-order valence-corrected chi connectivity index (χ2v) is 5.96. The summed E-state index contributed by atoms with van der Waals surface area (Å²) in [6, 6.07) is 7.66. The Morgan fingerprint density at radius 3 is 2.64 bits per heavy atom. The van der Waals surface area contributed by atoms with Crippen LogP contribution in [0.3, 0.4) is 0 Å².